The summed E-state index contributed by atoms with van der Waals surface area (Å²) < 4.78 is 14.2. The van der Waals surface area contributed by atoms with Gasteiger partial charge in [0.25, 0.3) is 0 Å². The number of rotatable bonds is 7. The summed E-state index contributed by atoms with van der Waals surface area (Å²) in [5.41, 5.74) is -0.0161. The highest BCUT2D eigenvalue weighted by Gasteiger charge is 2.13. The second kappa shape index (κ2) is 8.72. The lowest BCUT2D eigenvalue weighted by Crippen LogP contribution is -2.14. The molecule has 6 nitrogen and oxygen atoms in total. The molecule has 0 rings (SSSR count). The molecular weight excluding hydrogens is 226 g/mol. The van der Waals surface area contributed by atoms with Gasteiger partial charge in [-0.15, -0.1) is 0 Å². The molecule has 0 aromatic heterocycles. The molecule has 0 bridgehead atoms. The molecule has 6 heteroatoms. The molecule has 17 heavy (non-hydrogen) atoms. The Balaban J connectivity index is 4.72. The summed E-state index contributed by atoms with van der Waals surface area (Å²) in [6.45, 7) is 2.15. The number of esters is 1. The minimum atomic E-state index is -0.659. The summed E-state index contributed by atoms with van der Waals surface area (Å²) in [7, 11) is 4.21. The van der Waals surface area contributed by atoms with E-state index in [1.54, 1.807) is 7.11 Å². The van der Waals surface area contributed by atoms with Crippen LogP contribution in [0.15, 0.2) is 16.3 Å². The monoisotopic (exact) mass is 245 g/mol. The maximum absolute atomic E-state index is 11.4. The molecule has 1 atom stereocenters. The van der Waals surface area contributed by atoms with Gasteiger partial charge in [0.05, 0.1) is 19.8 Å². The zero-order chi connectivity index (χ0) is 13.3. The topological polar surface area (TPSA) is 77.4 Å². The minimum Gasteiger partial charge on any atom is -0.509 e. The number of aliphatic hydroxyl groups excluding tert-OH is 1. The van der Waals surface area contributed by atoms with Crippen LogP contribution in [0.2, 0.25) is 0 Å². The van der Waals surface area contributed by atoms with Crippen LogP contribution in [0, 0.1) is 0 Å². The van der Waals surface area contributed by atoms with Crippen LogP contribution in [0.4, 0.5) is 0 Å². The first-order valence-corrected chi connectivity index (χ1v) is 5.08. The zero-order valence-corrected chi connectivity index (χ0v) is 10.6. The van der Waals surface area contributed by atoms with Crippen molar-refractivity contribution < 1.29 is 24.1 Å². The fraction of sp³-hybridized carbons (Fsp3) is 0.636. The Morgan fingerprint density at radius 3 is 2.53 bits per heavy atom. The van der Waals surface area contributed by atoms with E-state index in [0.29, 0.717) is 6.54 Å². The van der Waals surface area contributed by atoms with Crippen molar-refractivity contribution in [1.82, 2.24) is 0 Å². The lowest BCUT2D eigenvalue weighted by Gasteiger charge is -2.06. The standard InChI is InChI=1S/C11H19NO5/c1-8(16-3)5-12-6-9(11(14)17-4)10(13)7-15-2/h6,8,13H,5,7H2,1-4H3. The Hall–Kier alpha value is -1.40. The second-order valence-corrected chi connectivity index (χ2v) is 3.33. The van der Waals surface area contributed by atoms with Gasteiger partial charge in [-0.2, -0.15) is 0 Å². The molecule has 1 unspecified atom stereocenters. The van der Waals surface area contributed by atoms with Gasteiger partial charge in [-0.3, -0.25) is 4.99 Å². The van der Waals surface area contributed by atoms with Crippen LogP contribution in [0.1, 0.15) is 6.92 Å². The van der Waals surface area contributed by atoms with Gasteiger partial charge in [0.2, 0.25) is 0 Å². The van der Waals surface area contributed by atoms with Gasteiger partial charge in [0.1, 0.15) is 17.9 Å². The normalized spacial score (nSPS) is 14.6. The molecule has 1 N–H and O–H groups in total. The summed E-state index contributed by atoms with van der Waals surface area (Å²) in [5, 5.41) is 9.56. The van der Waals surface area contributed by atoms with Gasteiger partial charge in [-0.05, 0) is 6.92 Å². The molecule has 0 saturated heterocycles. The Labute approximate surface area is 101 Å². The van der Waals surface area contributed by atoms with Crippen molar-refractivity contribution in [3.8, 4) is 0 Å². The Bertz CT molecular complexity index is 298. The first kappa shape index (κ1) is 15.6. The molecular formula is C11H19NO5. The number of ether oxygens (including phenoxy) is 3. The van der Waals surface area contributed by atoms with Crippen LogP contribution in [-0.2, 0) is 19.0 Å². The average molecular weight is 245 g/mol. The van der Waals surface area contributed by atoms with Crippen molar-refractivity contribution in [3.05, 3.63) is 11.3 Å². The molecule has 0 radical (unpaired) electrons. The summed E-state index contributed by atoms with van der Waals surface area (Å²) in [6, 6.07) is 0. The predicted octanol–water partition coefficient (Wildman–Crippen LogP) is 0.724. The molecule has 0 fully saturated rings. The molecule has 0 amide bonds. The number of nitrogens with zero attached hydrogens (tertiary/aromatic N) is 1. The highest BCUT2D eigenvalue weighted by atomic mass is 16.5. The summed E-state index contributed by atoms with van der Waals surface area (Å²) in [4.78, 5) is 15.3. The fourth-order valence-electron chi connectivity index (χ4n) is 0.936. The van der Waals surface area contributed by atoms with Crippen LogP contribution in [0.3, 0.4) is 0 Å². The SMILES string of the molecule is COCC(O)=C(C=NCC(C)OC)C(=O)OC. The van der Waals surface area contributed by atoms with E-state index >= 15 is 0 Å². The molecule has 0 aromatic rings. The maximum Gasteiger partial charge on any atom is 0.342 e. The molecule has 0 saturated carbocycles. The van der Waals surface area contributed by atoms with Crippen molar-refractivity contribution in [2.45, 2.75) is 13.0 Å². The molecule has 0 aromatic carbocycles. The van der Waals surface area contributed by atoms with Gasteiger partial charge < -0.3 is 19.3 Å². The first-order valence-electron chi connectivity index (χ1n) is 5.08. The second-order valence-electron chi connectivity index (χ2n) is 3.33. The van der Waals surface area contributed by atoms with Gasteiger partial charge in [-0.1, -0.05) is 0 Å². The Morgan fingerprint density at radius 2 is 2.06 bits per heavy atom. The highest BCUT2D eigenvalue weighted by molar-refractivity contribution is 6.09. The molecule has 0 heterocycles. The van der Waals surface area contributed by atoms with Crippen LogP contribution >= 0.6 is 0 Å². The van der Waals surface area contributed by atoms with E-state index in [-0.39, 0.29) is 24.0 Å². The van der Waals surface area contributed by atoms with Crippen LogP contribution in [-0.4, -0.2) is 57.9 Å². The van der Waals surface area contributed by atoms with Gasteiger partial charge in [0, 0.05) is 20.4 Å². The number of hydrogen-bond donors (Lipinski definition) is 1. The number of carbonyl (C=O) groups excluding carboxylic acids is 1. The van der Waals surface area contributed by atoms with E-state index < -0.39 is 5.97 Å². The first-order chi connectivity index (χ1) is 8.06. The van der Waals surface area contributed by atoms with E-state index in [4.69, 9.17) is 9.47 Å². The largest absolute Gasteiger partial charge is 0.509 e. The van der Waals surface area contributed by atoms with Gasteiger partial charge >= 0.3 is 5.97 Å². The molecule has 0 aliphatic rings. The van der Waals surface area contributed by atoms with E-state index in [2.05, 4.69) is 9.73 Å². The van der Waals surface area contributed by atoms with Crippen molar-refractivity contribution in [2.24, 2.45) is 4.99 Å². The molecule has 0 aliphatic heterocycles. The molecule has 0 aliphatic carbocycles. The van der Waals surface area contributed by atoms with Crippen molar-refractivity contribution in [3.63, 3.8) is 0 Å². The number of hydrogen-bond acceptors (Lipinski definition) is 6. The third kappa shape index (κ3) is 6.03. The van der Waals surface area contributed by atoms with E-state index in [9.17, 15) is 9.90 Å². The summed E-state index contributed by atoms with van der Waals surface area (Å²) >= 11 is 0. The lowest BCUT2D eigenvalue weighted by molar-refractivity contribution is -0.135. The minimum absolute atomic E-state index is 0.0161. The average Bonchev–Trinajstić information content (AvgIpc) is 2.33. The maximum atomic E-state index is 11.4. The fourth-order valence-corrected chi connectivity index (χ4v) is 0.936. The van der Waals surface area contributed by atoms with Gasteiger partial charge in [0.15, 0.2) is 0 Å². The lowest BCUT2D eigenvalue weighted by atomic mass is 10.2. The number of carbonyl (C=O) groups is 1. The van der Waals surface area contributed by atoms with Crippen molar-refractivity contribution >= 4 is 12.2 Å². The van der Waals surface area contributed by atoms with Crippen molar-refractivity contribution in [2.75, 3.05) is 34.5 Å². The number of methoxy groups -OCH3 is 3. The van der Waals surface area contributed by atoms with Crippen LogP contribution < -0.4 is 0 Å². The van der Waals surface area contributed by atoms with E-state index in [1.807, 2.05) is 6.92 Å². The number of aliphatic imine (C=N–C) groups is 1. The van der Waals surface area contributed by atoms with Gasteiger partial charge in [-0.25, -0.2) is 4.79 Å². The van der Waals surface area contributed by atoms with E-state index in [0.717, 1.165) is 0 Å². The van der Waals surface area contributed by atoms with E-state index in [1.165, 1.54) is 20.4 Å². The summed E-state index contributed by atoms with van der Waals surface area (Å²) in [6.07, 6.45) is 1.20. The number of aliphatic hydroxyl groups is 1. The zero-order valence-electron chi connectivity index (χ0n) is 10.6. The third-order valence-electron chi connectivity index (χ3n) is 1.98. The quantitative estimate of drug-likeness (QED) is 0.309. The predicted molar refractivity (Wildman–Crippen MR) is 63.4 cm³/mol. The molecule has 0 spiro atoms. The smallest absolute Gasteiger partial charge is 0.342 e. The van der Waals surface area contributed by atoms with Crippen LogP contribution in [0.5, 0.6) is 0 Å². The third-order valence-corrected chi connectivity index (χ3v) is 1.98. The van der Waals surface area contributed by atoms with Crippen LogP contribution in [0.25, 0.3) is 0 Å². The summed E-state index contributed by atoms with van der Waals surface area (Å²) in [5.74, 6) is -0.874. The Morgan fingerprint density at radius 1 is 1.41 bits per heavy atom. The highest BCUT2D eigenvalue weighted by Crippen LogP contribution is 2.02. The molecule has 98 valence electrons. The van der Waals surface area contributed by atoms with Crippen molar-refractivity contribution in [1.29, 1.82) is 0 Å². The Kier molecular flexibility index (Phi) is 8.00.